The number of rotatable bonds is 10. The van der Waals surface area contributed by atoms with Crippen LogP contribution in [0, 0.1) is 11.7 Å². The lowest BCUT2D eigenvalue weighted by Crippen LogP contribution is -2.64. The van der Waals surface area contributed by atoms with E-state index in [1.165, 1.54) is 17.0 Å². The zero-order chi connectivity index (χ0) is 32.0. The van der Waals surface area contributed by atoms with Gasteiger partial charge in [-0.1, -0.05) is 36.4 Å². The highest BCUT2D eigenvalue weighted by molar-refractivity contribution is 5.89. The minimum absolute atomic E-state index is 0.0154. The highest BCUT2D eigenvalue weighted by Crippen LogP contribution is 2.25. The van der Waals surface area contributed by atoms with Gasteiger partial charge in [-0.25, -0.2) is 9.18 Å². The van der Waals surface area contributed by atoms with Crippen molar-refractivity contribution in [3.05, 3.63) is 78.1 Å². The van der Waals surface area contributed by atoms with Gasteiger partial charge in [-0.05, 0) is 50.5 Å². The molecule has 238 valence electrons. The van der Waals surface area contributed by atoms with Crippen LogP contribution in [0.2, 0.25) is 0 Å². The van der Waals surface area contributed by atoms with Gasteiger partial charge in [0.2, 0.25) is 11.8 Å². The summed E-state index contributed by atoms with van der Waals surface area (Å²) in [6.07, 6.45) is -0.321. The predicted octanol–water partition coefficient (Wildman–Crippen LogP) is 3.08. The SMILES string of the molecule is C=CCN1CC(C(=O)N[C@@H](Cc2cc(O)cc(F)c2)[C@H](O)[C@H]2CN(Cc3ccccc3)CCN2C(=O)OC(C)(C)C)CC1=O. The quantitative estimate of drug-likeness (QED) is 0.354. The second-order valence-corrected chi connectivity index (χ2v) is 12.6. The lowest BCUT2D eigenvalue weighted by atomic mass is 9.93. The Labute approximate surface area is 258 Å². The Morgan fingerprint density at radius 2 is 1.86 bits per heavy atom. The number of amides is 3. The molecule has 2 heterocycles. The molecule has 2 aromatic rings. The van der Waals surface area contributed by atoms with E-state index >= 15 is 0 Å². The van der Waals surface area contributed by atoms with E-state index in [9.17, 15) is 29.0 Å². The number of aromatic hydroxyl groups is 1. The number of hydrogen-bond donors (Lipinski definition) is 3. The van der Waals surface area contributed by atoms with E-state index in [2.05, 4.69) is 16.8 Å². The van der Waals surface area contributed by atoms with Gasteiger partial charge in [0, 0.05) is 51.8 Å². The van der Waals surface area contributed by atoms with Crippen molar-refractivity contribution in [1.29, 1.82) is 0 Å². The summed E-state index contributed by atoms with van der Waals surface area (Å²) in [5.41, 5.74) is 0.650. The Hall–Kier alpha value is -3.96. The average Bonchev–Trinajstić information content (AvgIpc) is 3.31. The molecule has 11 heteroatoms. The number of phenolic OH excluding ortho intramolecular Hbond substituents is 1. The molecule has 2 aromatic carbocycles. The van der Waals surface area contributed by atoms with Crippen molar-refractivity contribution in [2.24, 2.45) is 5.92 Å². The van der Waals surface area contributed by atoms with Crippen LogP contribution in [-0.4, -0.2) is 99.3 Å². The first-order chi connectivity index (χ1) is 20.8. The fourth-order valence-electron chi connectivity index (χ4n) is 5.81. The van der Waals surface area contributed by atoms with Crippen LogP contribution < -0.4 is 5.32 Å². The van der Waals surface area contributed by atoms with Gasteiger partial charge in [0.1, 0.15) is 17.2 Å². The van der Waals surface area contributed by atoms with Crippen molar-refractivity contribution >= 4 is 17.9 Å². The summed E-state index contributed by atoms with van der Waals surface area (Å²) in [5.74, 6) is -2.21. The van der Waals surface area contributed by atoms with Crippen LogP contribution in [0.15, 0.2) is 61.2 Å². The molecule has 2 saturated heterocycles. The third-order valence-corrected chi connectivity index (χ3v) is 7.85. The van der Waals surface area contributed by atoms with E-state index in [-0.39, 0.29) is 44.1 Å². The highest BCUT2D eigenvalue weighted by Gasteiger charge is 2.42. The molecule has 44 heavy (non-hydrogen) atoms. The number of phenols is 1. The summed E-state index contributed by atoms with van der Waals surface area (Å²) in [6.45, 7) is 11.2. The largest absolute Gasteiger partial charge is 0.508 e. The van der Waals surface area contributed by atoms with Gasteiger partial charge in [-0.3, -0.25) is 19.4 Å². The zero-order valence-corrected chi connectivity index (χ0v) is 25.6. The highest BCUT2D eigenvalue weighted by atomic mass is 19.1. The molecule has 3 N–H and O–H groups in total. The minimum atomic E-state index is -1.31. The van der Waals surface area contributed by atoms with Gasteiger partial charge in [0.05, 0.1) is 24.1 Å². The maximum atomic E-state index is 14.2. The standard InChI is InChI=1S/C33H43FN4O6/c1-5-11-37-20-24(17-29(37)40)31(42)35-27(16-23-14-25(34)18-26(39)15-23)30(41)28-21-36(19-22-9-7-6-8-10-22)12-13-38(28)32(43)44-33(2,3)4/h5-10,14-15,18,24,27-28,30,39,41H,1,11-13,16-17,19-21H2,2-4H3,(H,35,42)/t24?,27-,28+,30-/m0/s1. The first kappa shape index (κ1) is 32.9. The number of hydrogen-bond acceptors (Lipinski definition) is 7. The van der Waals surface area contributed by atoms with Gasteiger partial charge in [0.15, 0.2) is 0 Å². The second-order valence-electron chi connectivity index (χ2n) is 12.6. The summed E-state index contributed by atoms with van der Waals surface area (Å²) < 4.78 is 19.9. The van der Waals surface area contributed by atoms with Crippen molar-refractivity contribution in [1.82, 2.24) is 20.0 Å². The number of benzene rings is 2. The molecule has 3 amide bonds. The second kappa shape index (κ2) is 14.2. The van der Waals surface area contributed by atoms with Crippen molar-refractivity contribution in [2.75, 3.05) is 32.7 Å². The number of nitrogens with one attached hydrogen (secondary N) is 1. The van der Waals surface area contributed by atoms with E-state index in [0.29, 0.717) is 25.2 Å². The zero-order valence-electron chi connectivity index (χ0n) is 25.6. The topological polar surface area (TPSA) is 123 Å². The van der Waals surface area contributed by atoms with E-state index in [4.69, 9.17) is 4.74 Å². The lowest BCUT2D eigenvalue weighted by molar-refractivity contribution is -0.129. The number of aliphatic hydroxyl groups is 1. The third kappa shape index (κ3) is 8.79. The molecule has 2 aliphatic rings. The number of likely N-dealkylation sites (tertiary alicyclic amines) is 1. The molecule has 4 atom stereocenters. The molecule has 0 saturated carbocycles. The molecule has 10 nitrogen and oxygen atoms in total. The van der Waals surface area contributed by atoms with Gasteiger partial charge in [-0.2, -0.15) is 0 Å². The Kier molecular flexibility index (Phi) is 10.6. The molecular weight excluding hydrogens is 567 g/mol. The first-order valence-corrected chi connectivity index (χ1v) is 14.9. The average molecular weight is 611 g/mol. The van der Waals surface area contributed by atoms with Gasteiger partial charge < -0.3 is 25.2 Å². The fourth-order valence-corrected chi connectivity index (χ4v) is 5.81. The van der Waals surface area contributed by atoms with Crippen LogP contribution in [0.1, 0.15) is 38.3 Å². The fraction of sp³-hybridized carbons (Fsp3) is 0.485. The summed E-state index contributed by atoms with van der Waals surface area (Å²) in [7, 11) is 0. The van der Waals surface area contributed by atoms with E-state index in [1.54, 1.807) is 31.7 Å². The van der Waals surface area contributed by atoms with Crippen LogP contribution in [-0.2, 0) is 27.3 Å². The van der Waals surface area contributed by atoms with E-state index in [0.717, 1.165) is 11.6 Å². The van der Waals surface area contributed by atoms with Crippen LogP contribution in [0.3, 0.4) is 0 Å². The molecule has 2 aliphatic heterocycles. The molecule has 0 radical (unpaired) electrons. The molecule has 2 fully saturated rings. The van der Waals surface area contributed by atoms with Gasteiger partial charge in [0.25, 0.3) is 0 Å². The van der Waals surface area contributed by atoms with E-state index < -0.39 is 47.5 Å². The smallest absolute Gasteiger partial charge is 0.410 e. The predicted molar refractivity (Wildman–Crippen MR) is 163 cm³/mol. The monoisotopic (exact) mass is 610 g/mol. The summed E-state index contributed by atoms with van der Waals surface area (Å²) in [5, 5.41) is 24.9. The number of piperazine rings is 1. The van der Waals surface area contributed by atoms with E-state index in [1.807, 2.05) is 30.3 Å². The van der Waals surface area contributed by atoms with Crippen LogP contribution in [0.5, 0.6) is 5.75 Å². The Balaban J connectivity index is 1.62. The number of carbonyl (C=O) groups is 3. The Morgan fingerprint density at radius 3 is 2.52 bits per heavy atom. The minimum Gasteiger partial charge on any atom is -0.508 e. The number of halogens is 1. The van der Waals surface area contributed by atoms with Crippen molar-refractivity contribution in [3.63, 3.8) is 0 Å². The Bertz CT molecular complexity index is 1310. The molecular formula is C33H43FN4O6. The van der Waals surface area contributed by atoms with Gasteiger partial charge >= 0.3 is 6.09 Å². The molecule has 0 spiro atoms. The molecule has 4 rings (SSSR count). The maximum absolute atomic E-state index is 14.2. The number of aliphatic hydroxyl groups excluding tert-OH is 1. The van der Waals surface area contributed by atoms with Crippen LogP contribution >= 0.6 is 0 Å². The van der Waals surface area contributed by atoms with Crippen molar-refractivity contribution in [2.45, 2.75) is 63.9 Å². The van der Waals surface area contributed by atoms with Gasteiger partial charge in [-0.15, -0.1) is 6.58 Å². The Morgan fingerprint density at radius 1 is 1.14 bits per heavy atom. The maximum Gasteiger partial charge on any atom is 0.410 e. The molecule has 1 unspecified atom stereocenters. The molecule has 0 bridgehead atoms. The third-order valence-electron chi connectivity index (χ3n) is 7.85. The summed E-state index contributed by atoms with van der Waals surface area (Å²) in [6, 6.07) is 11.6. The summed E-state index contributed by atoms with van der Waals surface area (Å²) in [4.78, 5) is 44.5. The van der Waals surface area contributed by atoms with Crippen molar-refractivity contribution < 1.29 is 33.7 Å². The normalized spacial score (nSPS) is 20.7. The first-order valence-electron chi connectivity index (χ1n) is 14.9. The van der Waals surface area contributed by atoms with Crippen LogP contribution in [0.4, 0.5) is 9.18 Å². The molecule has 0 aromatic heterocycles. The van der Waals surface area contributed by atoms with Crippen molar-refractivity contribution in [3.8, 4) is 5.75 Å². The number of nitrogens with zero attached hydrogens (tertiary/aromatic N) is 3. The lowest BCUT2D eigenvalue weighted by Gasteiger charge is -2.45. The summed E-state index contributed by atoms with van der Waals surface area (Å²) >= 11 is 0. The molecule has 0 aliphatic carbocycles. The number of carbonyl (C=O) groups excluding carboxylic acids is 3. The van der Waals surface area contributed by atoms with Crippen LogP contribution in [0.25, 0.3) is 0 Å². The number of ether oxygens (including phenoxy) is 1.